The van der Waals surface area contributed by atoms with Crippen LogP contribution < -0.4 is 9.47 Å². The van der Waals surface area contributed by atoms with Gasteiger partial charge >= 0.3 is 0 Å². The second-order valence-corrected chi connectivity index (χ2v) is 4.85. The highest BCUT2D eigenvalue weighted by Gasteiger charge is 2.13. The SMILES string of the molecule is COc1cc(CCl)cc(Br)c1OCc1nnn(C)n1. The van der Waals surface area contributed by atoms with E-state index in [1.165, 1.54) is 4.80 Å². The molecule has 19 heavy (non-hydrogen) atoms. The van der Waals surface area contributed by atoms with Crippen molar-refractivity contribution >= 4 is 27.5 Å². The summed E-state index contributed by atoms with van der Waals surface area (Å²) in [7, 11) is 3.27. The lowest BCUT2D eigenvalue weighted by atomic mass is 10.2. The number of aromatic nitrogens is 4. The van der Waals surface area contributed by atoms with Gasteiger partial charge in [0, 0.05) is 5.88 Å². The predicted octanol–water partition coefficient (Wildman–Crippen LogP) is 2.30. The lowest BCUT2D eigenvalue weighted by Crippen LogP contribution is -2.01. The maximum Gasteiger partial charge on any atom is 0.212 e. The number of ether oxygens (including phenoxy) is 2. The molecular weight excluding hydrogens is 336 g/mol. The Balaban J connectivity index is 2.19. The molecule has 0 fully saturated rings. The fourth-order valence-corrected chi connectivity index (χ4v) is 2.27. The molecule has 0 N–H and O–H groups in total. The molecule has 0 saturated carbocycles. The topological polar surface area (TPSA) is 62.1 Å². The Bertz CT molecular complexity index is 576. The number of methoxy groups -OCH3 is 1. The first-order chi connectivity index (χ1) is 9.13. The van der Waals surface area contributed by atoms with Gasteiger partial charge in [0.25, 0.3) is 0 Å². The minimum atomic E-state index is 0.211. The van der Waals surface area contributed by atoms with Crippen molar-refractivity contribution in [1.29, 1.82) is 0 Å². The molecule has 0 radical (unpaired) electrons. The number of tetrazole rings is 1. The van der Waals surface area contributed by atoms with E-state index in [4.69, 9.17) is 21.1 Å². The number of rotatable bonds is 5. The summed E-state index contributed by atoms with van der Waals surface area (Å²) in [5, 5.41) is 11.6. The van der Waals surface area contributed by atoms with Crippen molar-refractivity contribution in [3.8, 4) is 11.5 Å². The molecule has 0 amide bonds. The minimum Gasteiger partial charge on any atom is -0.493 e. The summed E-state index contributed by atoms with van der Waals surface area (Å²) in [5.74, 6) is 2.09. The molecule has 6 nitrogen and oxygen atoms in total. The Kier molecular flexibility index (Phi) is 4.60. The molecule has 1 aromatic carbocycles. The molecule has 0 aliphatic carbocycles. The smallest absolute Gasteiger partial charge is 0.212 e. The highest BCUT2D eigenvalue weighted by molar-refractivity contribution is 9.10. The Morgan fingerprint density at radius 2 is 2.21 bits per heavy atom. The van der Waals surface area contributed by atoms with Gasteiger partial charge in [0.15, 0.2) is 18.1 Å². The summed E-state index contributed by atoms with van der Waals surface area (Å²) in [4.78, 5) is 1.38. The van der Waals surface area contributed by atoms with Crippen molar-refractivity contribution < 1.29 is 9.47 Å². The summed E-state index contributed by atoms with van der Waals surface area (Å²) in [6.07, 6.45) is 0. The molecule has 0 unspecified atom stereocenters. The van der Waals surface area contributed by atoms with Gasteiger partial charge in [-0.3, -0.25) is 0 Å². The fourth-order valence-electron chi connectivity index (χ4n) is 1.51. The third kappa shape index (κ3) is 3.36. The molecule has 0 aliphatic rings. The van der Waals surface area contributed by atoms with Crippen LogP contribution in [0.25, 0.3) is 0 Å². The standard InChI is InChI=1S/C11H12BrClN4O2/c1-17-15-10(14-16-17)6-19-11-8(12)3-7(5-13)4-9(11)18-2/h3-4H,5-6H2,1-2H3. The first-order valence-corrected chi connectivity index (χ1v) is 6.75. The molecule has 0 aliphatic heterocycles. The van der Waals surface area contributed by atoms with Gasteiger partial charge in [-0.2, -0.15) is 4.80 Å². The van der Waals surface area contributed by atoms with Crippen molar-refractivity contribution in [3.63, 3.8) is 0 Å². The van der Waals surface area contributed by atoms with Crippen LogP contribution in [-0.4, -0.2) is 27.3 Å². The zero-order valence-electron chi connectivity index (χ0n) is 10.4. The highest BCUT2D eigenvalue weighted by Crippen LogP contribution is 2.37. The van der Waals surface area contributed by atoms with Crippen molar-refractivity contribution in [2.24, 2.45) is 7.05 Å². The Morgan fingerprint density at radius 1 is 1.42 bits per heavy atom. The van der Waals surface area contributed by atoms with Crippen molar-refractivity contribution in [3.05, 3.63) is 28.0 Å². The summed E-state index contributed by atoms with van der Waals surface area (Å²) in [6.45, 7) is 0.211. The van der Waals surface area contributed by atoms with E-state index in [1.54, 1.807) is 14.2 Å². The second kappa shape index (κ2) is 6.21. The molecule has 0 saturated heterocycles. The van der Waals surface area contributed by atoms with Crippen LogP contribution >= 0.6 is 27.5 Å². The second-order valence-electron chi connectivity index (χ2n) is 3.73. The van der Waals surface area contributed by atoms with Crippen LogP contribution in [-0.2, 0) is 19.5 Å². The van der Waals surface area contributed by atoms with Crippen LogP contribution in [0.5, 0.6) is 11.5 Å². The average molecular weight is 348 g/mol. The van der Waals surface area contributed by atoms with E-state index in [0.717, 1.165) is 10.0 Å². The molecule has 1 heterocycles. The first kappa shape index (κ1) is 14.1. The first-order valence-electron chi connectivity index (χ1n) is 5.42. The maximum atomic E-state index is 5.81. The zero-order chi connectivity index (χ0) is 13.8. The predicted molar refractivity (Wildman–Crippen MR) is 73.4 cm³/mol. The molecule has 2 aromatic rings. The molecule has 0 bridgehead atoms. The minimum absolute atomic E-state index is 0.211. The lowest BCUT2D eigenvalue weighted by Gasteiger charge is -2.12. The van der Waals surface area contributed by atoms with E-state index >= 15 is 0 Å². The maximum absolute atomic E-state index is 5.81. The Morgan fingerprint density at radius 3 is 2.79 bits per heavy atom. The van der Waals surface area contributed by atoms with Crippen molar-refractivity contribution in [2.75, 3.05) is 7.11 Å². The number of hydrogen-bond donors (Lipinski definition) is 0. The zero-order valence-corrected chi connectivity index (χ0v) is 12.8. The van der Waals surface area contributed by atoms with Crippen molar-refractivity contribution in [2.45, 2.75) is 12.5 Å². The van der Waals surface area contributed by atoms with Crippen LogP contribution in [0.4, 0.5) is 0 Å². The molecule has 1 aromatic heterocycles. The monoisotopic (exact) mass is 346 g/mol. The van der Waals surface area contributed by atoms with Gasteiger partial charge in [-0.25, -0.2) is 0 Å². The van der Waals surface area contributed by atoms with Crippen LogP contribution in [0.2, 0.25) is 0 Å². The van der Waals surface area contributed by atoms with E-state index in [1.807, 2.05) is 12.1 Å². The average Bonchev–Trinajstić information content (AvgIpc) is 2.82. The summed E-state index contributed by atoms with van der Waals surface area (Å²) in [6, 6.07) is 3.71. The summed E-state index contributed by atoms with van der Waals surface area (Å²) >= 11 is 9.24. The number of alkyl halides is 1. The van der Waals surface area contributed by atoms with E-state index in [0.29, 0.717) is 23.2 Å². The van der Waals surface area contributed by atoms with Crippen LogP contribution in [0.1, 0.15) is 11.4 Å². The fraction of sp³-hybridized carbons (Fsp3) is 0.364. The molecular formula is C11H12BrClN4O2. The Labute approximate surface area is 123 Å². The van der Waals surface area contributed by atoms with E-state index in [2.05, 4.69) is 31.3 Å². The number of nitrogens with zero attached hydrogens (tertiary/aromatic N) is 4. The van der Waals surface area contributed by atoms with Gasteiger partial charge in [-0.15, -0.1) is 21.8 Å². The quantitative estimate of drug-likeness (QED) is 0.777. The number of halogens is 2. The number of aryl methyl sites for hydroxylation is 1. The van der Waals surface area contributed by atoms with Crippen LogP contribution in [0.15, 0.2) is 16.6 Å². The van der Waals surface area contributed by atoms with Crippen LogP contribution in [0.3, 0.4) is 0 Å². The summed E-state index contributed by atoms with van der Waals surface area (Å²) in [5.41, 5.74) is 0.940. The van der Waals surface area contributed by atoms with Gasteiger partial charge in [-0.1, -0.05) is 0 Å². The Hall–Kier alpha value is -1.34. The molecule has 2 rings (SSSR count). The third-order valence-electron chi connectivity index (χ3n) is 2.34. The normalized spacial score (nSPS) is 10.5. The highest BCUT2D eigenvalue weighted by atomic mass is 79.9. The van der Waals surface area contributed by atoms with E-state index in [-0.39, 0.29) is 6.61 Å². The van der Waals surface area contributed by atoms with E-state index < -0.39 is 0 Å². The molecule has 0 spiro atoms. The van der Waals surface area contributed by atoms with Gasteiger partial charge < -0.3 is 9.47 Å². The van der Waals surface area contributed by atoms with Gasteiger partial charge in [-0.05, 0) is 38.8 Å². The molecule has 102 valence electrons. The number of benzene rings is 1. The van der Waals surface area contributed by atoms with Gasteiger partial charge in [0.2, 0.25) is 5.82 Å². The van der Waals surface area contributed by atoms with Crippen molar-refractivity contribution in [1.82, 2.24) is 20.2 Å². The lowest BCUT2D eigenvalue weighted by molar-refractivity contribution is 0.274. The molecule has 8 heteroatoms. The third-order valence-corrected chi connectivity index (χ3v) is 3.24. The number of hydrogen-bond acceptors (Lipinski definition) is 5. The van der Waals surface area contributed by atoms with Gasteiger partial charge in [0.05, 0.1) is 18.6 Å². The van der Waals surface area contributed by atoms with Gasteiger partial charge in [0.1, 0.15) is 0 Å². The van der Waals surface area contributed by atoms with Crippen LogP contribution in [0, 0.1) is 0 Å². The molecule has 0 atom stereocenters. The van der Waals surface area contributed by atoms with E-state index in [9.17, 15) is 0 Å². The summed E-state index contributed by atoms with van der Waals surface area (Å²) < 4.78 is 11.7. The largest absolute Gasteiger partial charge is 0.493 e.